The van der Waals surface area contributed by atoms with Gasteiger partial charge in [0, 0.05) is 12.1 Å². The van der Waals surface area contributed by atoms with E-state index in [9.17, 15) is 8.78 Å². The van der Waals surface area contributed by atoms with Crippen LogP contribution < -0.4 is 10.1 Å². The minimum atomic E-state index is -2.82. The van der Waals surface area contributed by atoms with Crippen molar-refractivity contribution in [3.8, 4) is 5.75 Å². The minimum Gasteiger partial charge on any atom is -0.435 e. The number of anilines is 1. The van der Waals surface area contributed by atoms with Crippen molar-refractivity contribution in [3.63, 3.8) is 0 Å². The Kier molecular flexibility index (Phi) is 4.27. The number of hydrogen-bond acceptors (Lipinski definition) is 5. The molecule has 19 heavy (non-hydrogen) atoms. The van der Waals surface area contributed by atoms with Gasteiger partial charge in [-0.25, -0.2) is 0 Å². The normalized spacial score (nSPS) is 10.7. The third kappa shape index (κ3) is 3.90. The Morgan fingerprint density at radius 3 is 2.47 bits per heavy atom. The highest BCUT2D eigenvalue weighted by molar-refractivity contribution is 5.46. The van der Waals surface area contributed by atoms with Gasteiger partial charge in [0.1, 0.15) is 5.75 Å². The third-order valence-corrected chi connectivity index (χ3v) is 2.33. The molecule has 0 unspecified atom stereocenters. The summed E-state index contributed by atoms with van der Waals surface area (Å²) in [5.41, 5.74) is 0.748. The summed E-state index contributed by atoms with van der Waals surface area (Å²) in [4.78, 5) is 0. The summed E-state index contributed by atoms with van der Waals surface area (Å²) in [5, 5.41) is 10.7. The van der Waals surface area contributed by atoms with Crippen LogP contribution in [-0.4, -0.2) is 16.8 Å². The van der Waals surface area contributed by atoms with Gasteiger partial charge in [0.2, 0.25) is 11.8 Å². The molecule has 1 heterocycles. The molecule has 5 nitrogen and oxygen atoms in total. The zero-order chi connectivity index (χ0) is 13.7. The summed E-state index contributed by atoms with van der Waals surface area (Å²) in [6.45, 7) is -0.515. The Balaban J connectivity index is 1.89. The lowest BCUT2D eigenvalue weighted by atomic mass is 10.3. The van der Waals surface area contributed by atoms with Crippen LogP contribution in [0.25, 0.3) is 0 Å². The molecule has 2 rings (SSSR count). The number of nitrogens with zero attached hydrogens (tertiary/aromatic N) is 2. The number of aryl methyl sites for hydroxylation is 1. The van der Waals surface area contributed by atoms with Gasteiger partial charge >= 0.3 is 6.61 Å². The van der Waals surface area contributed by atoms with E-state index in [-0.39, 0.29) is 5.75 Å². The topological polar surface area (TPSA) is 60.2 Å². The van der Waals surface area contributed by atoms with E-state index < -0.39 is 6.61 Å². The highest BCUT2D eigenvalue weighted by Crippen LogP contribution is 2.18. The lowest BCUT2D eigenvalue weighted by Crippen LogP contribution is -2.02. The predicted molar refractivity (Wildman–Crippen MR) is 64.1 cm³/mol. The molecule has 1 aromatic heterocycles. The van der Waals surface area contributed by atoms with Gasteiger partial charge in [0.25, 0.3) is 0 Å². The van der Waals surface area contributed by atoms with Crippen LogP contribution in [0.2, 0.25) is 0 Å². The van der Waals surface area contributed by atoms with Crippen molar-refractivity contribution in [1.29, 1.82) is 0 Å². The zero-order valence-corrected chi connectivity index (χ0v) is 10.3. The third-order valence-electron chi connectivity index (χ3n) is 2.33. The van der Waals surface area contributed by atoms with Crippen molar-refractivity contribution in [2.45, 2.75) is 26.5 Å². The first kappa shape index (κ1) is 13.3. The summed E-state index contributed by atoms with van der Waals surface area (Å²) in [7, 11) is 0. The molecule has 0 bridgehead atoms. The Morgan fingerprint density at radius 1 is 1.21 bits per heavy atom. The highest BCUT2D eigenvalue weighted by atomic mass is 19.3. The fourth-order valence-corrected chi connectivity index (χ4v) is 1.43. The molecule has 2 aromatic rings. The Bertz CT molecular complexity index is 514. The molecule has 0 saturated carbocycles. The highest BCUT2D eigenvalue weighted by Gasteiger charge is 2.05. The fraction of sp³-hybridized carbons (Fsp3) is 0.333. The molecule has 1 N–H and O–H groups in total. The van der Waals surface area contributed by atoms with Gasteiger partial charge in [-0.15, -0.1) is 10.2 Å². The number of alkyl halides is 2. The van der Waals surface area contributed by atoms with E-state index in [1.54, 1.807) is 12.1 Å². The van der Waals surface area contributed by atoms with Crippen LogP contribution in [0.5, 0.6) is 5.75 Å². The molecule has 7 heteroatoms. The number of hydrogen-bond donors (Lipinski definition) is 1. The first-order valence-electron chi connectivity index (χ1n) is 5.77. The molecular formula is C12H13F2N3O2. The second-order valence-corrected chi connectivity index (χ2v) is 3.70. The molecule has 0 amide bonds. The van der Waals surface area contributed by atoms with Crippen LogP contribution in [0.1, 0.15) is 18.7 Å². The molecule has 0 saturated heterocycles. The summed E-state index contributed by atoms with van der Waals surface area (Å²) >= 11 is 0. The first-order chi connectivity index (χ1) is 9.17. The predicted octanol–water partition coefficient (Wildman–Crippen LogP) is 2.85. The SMILES string of the molecule is CCc1nnc(CNc2ccc(OC(F)F)cc2)o1. The van der Waals surface area contributed by atoms with Gasteiger partial charge in [0.15, 0.2) is 0 Å². The largest absolute Gasteiger partial charge is 0.435 e. The molecule has 0 fully saturated rings. The number of benzene rings is 1. The van der Waals surface area contributed by atoms with Crippen LogP contribution in [0.3, 0.4) is 0 Å². The Morgan fingerprint density at radius 2 is 1.89 bits per heavy atom. The van der Waals surface area contributed by atoms with Gasteiger partial charge in [0.05, 0.1) is 6.54 Å². The molecule has 0 spiro atoms. The van der Waals surface area contributed by atoms with Gasteiger partial charge < -0.3 is 14.5 Å². The Hall–Kier alpha value is -2.18. The molecule has 0 atom stereocenters. The molecule has 0 radical (unpaired) electrons. The van der Waals surface area contributed by atoms with Crippen LogP contribution in [0.4, 0.5) is 14.5 Å². The maximum Gasteiger partial charge on any atom is 0.387 e. The average molecular weight is 269 g/mol. The van der Waals surface area contributed by atoms with Crippen molar-refractivity contribution < 1.29 is 17.9 Å². The van der Waals surface area contributed by atoms with E-state index >= 15 is 0 Å². The van der Waals surface area contributed by atoms with Gasteiger partial charge in [-0.1, -0.05) is 6.92 Å². The summed E-state index contributed by atoms with van der Waals surface area (Å²) in [5.74, 6) is 1.17. The summed E-state index contributed by atoms with van der Waals surface area (Å²) < 4.78 is 33.5. The summed E-state index contributed by atoms with van der Waals surface area (Å²) in [6, 6.07) is 6.18. The Labute approximate surface area is 108 Å². The number of halogens is 2. The first-order valence-corrected chi connectivity index (χ1v) is 5.77. The summed E-state index contributed by atoms with van der Waals surface area (Å²) in [6.07, 6.45) is 0.687. The van der Waals surface area contributed by atoms with E-state index in [2.05, 4.69) is 20.3 Å². The molecule has 0 aliphatic heterocycles. The van der Waals surface area contributed by atoms with Crippen molar-refractivity contribution in [1.82, 2.24) is 10.2 Å². The molecule has 102 valence electrons. The van der Waals surface area contributed by atoms with Crippen LogP contribution in [0, 0.1) is 0 Å². The quantitative estimate of drug-likeness (QED) is 0.873. The number of nitrogens with one attached hydrogen (secondary N) is 1. The second kappa shape index (κ2) is 6.12. The van der Waals surface area contributed by atoms with Crippen LogP contribution in [0.15, 0.2) is 28.7 Å². The lowest BCUT2D eigenvalue weighted by Gasteiger charge is -2.06. The van der Waals surface area contributed by atoms with Crippen molar-refractivity contribution in [2.75, 3.05) is 5.32 Å². The van der Waals surface area contributed by atoms with Crippen LogP contribution in [-0.2, 0) is 13.0 Å². The molecule has 1 aromatic carbocycles. The maximum atomic E-state index is 12.0. The van der Waals surface area contributed by atoms with Crippen molar-refractivity contribution in [2.24, 2.45) is 0 Å². The molecular weight excluding hydrogens is 256 g/mol. The lowest BCUT2D eigenvalue weighted by molar-refractivity contribution is -0.0498. The van der Waals surface area contributed by atoms with E-state index in [4.69, 9.17) is 4.42 Å². The van der Waals surface area contributed by atoms with E-state index in [1.807, 2.05) is 6.92 Å². The average Bonchev–Trinajstić information content (AvgIpc) is 2.85. The molecule has 0 aliphatic carbocycles. The standard InChI is InChI=1S/C12H13F2N3O2/c1-2-10-16-17-11(19-10)7-15-8-3-5-9(6-4-8)18-12(13)14/h3-6,12,15H,2,7H2,1H3. The number of ether oxygens (including phenoxy) is 1. The van der Waals surface area contributed by atoms with E-state index in [1.165, 1.54) is 12.1 Å². The minimum absolute atomic E-state index is 0.117. The fourth-order valence-electron chi connectivity index (χ4n) is 1.43. The number of aromatic nitrogens is 2. The van der Waals surface area contributed by atoms with Crippen molar-refractivity contribution >= 4 is 5.69 Å². The van der Waals surface area contributed by atoms with E-state index in [0.717, 1.165) is 5.69 Å². The van der Waals surface area contributed by atoms with Gasteiger partial charge in [-0.05, 0) is 24.3 Å². The smallest absolute Gasteiger partial charge is 0.387 e. The second-order valence-electron chi connectivity index (χ2n) is 3.70. The zero-order valence-electron chi connectivity index (χ0n) is 10.3. The number of rotatable bonds is 6. The molecule has 0 aliphatic rings. The van der Waals surface area contributed by atoms with Gasteiger partial charge in [-0.2, -0.15) is 8.78 Å². The monoisotopic (exact) mass is 269 g/mol. The van der Waals surface area contributed by atoms with Crippen LogP contribution >= 0.6 is 0 Å². The maximum absolute atomic E-state index is 12.0. The van der Waals surface area contributed by atoms with Gasteiger partial charge in [-0.3, -0.25) is 0 Å². The van der Waals surface area contributed by atoms with Crippen molar-refractivity contribution in [3.05, 3.63) is 36.0 Å². The van der Waals surface area contributed by atoms with E-state index in [0.29, 0.717) is 24.7 Å².